The second-order valence-electron chi connectivity index (χ2n) is 6.69. The van der Waals surface area contributed by atoms with Gasteiger partial charge < -0.3 is 10.6 Å². The van der Waals surface area contributed by atoms with Crippen molar-refractivity contribution in [3.8, 4) is 6.07 Å². The largest absolute Gasteiger partial charge is 0.369 e. The summed E-state index contributed by atoms with van der Waals surface area (Å²) in [7, 11) is 0. The molecule has 0 saturated carbocycles. The summed E-state index contributed by atoms with van der Waals surface area (Å²) in [5.74, 6) is 0.485. The van der Waals surface area contributed by atoms with Crippen LogP contribution in [0.15, 0.2) is 46.9 Å². The number of hydrogen-bond donors (Lipinski definition) is 2. The number of anilines is 1. The second-order valence-corrected chi connectivity index (χ2v) is 7.60. The summed E-state index contributed by atoms with van der Waals surface area (Å²) in [4.78, 5) is 16.7. The molecular formula is C22H21BrN4O. The maximum atomic E-state index is 12.1. The summed E-state index contributed by atoms with van der Waals surface area (Å²) in [6, 6.07) is 15.4. The summed E-state index contributed by atoms with van der Waals surface area (Å²) in [6.07, 6.45) is 0.722. The molecule has 2 N–H and O–H groups in total. The topological polar surface area (TPSA) is 77.8 Å². The van der Waals surface area contributed by atoms with Gasteiger partial charge >= 0.3 is 0 Å². The molecule has 28 heavy (non-hydrogen) atoms. The zero-order valence-electron chi connectivity index (χ0n) is 15.8. The quantitative estimate of drug-likeness (QED) is 0.548. The van der Waals surface area contributed by atoms with Crippen molar-refractivity contribution in [1.82, 2.24) is 10.3 Å². The fourth-order valence-corrected chi connectivity index (χ4v) is 3.31. The number of aromatic nitrogens is 1. The second kappa shape index (κ2) is 8.85. The Labute approximate surface area is 172 Å². The number of benzene rings is 2. The first-order valence-corrected chi connectivity index (χ1v) is 9.87. The van der Waals surface area contributed by atoms with E-state index in [0.29, 0.717) is 30.0 Å². The number of pyridine rings is 1. The number of fused-ring (bicyclic) bond motifs is 1. The number of carbonyl (C=O) groups is 1. The normalized spacial score (nSPS) is 10.5. The van der Waals surface area contributed by atoms with Gasteiger partial charge in [0.25, 0.3) is 5.91 Å². The van der Waals surface area contributed by atoms with Gasteiger partial charge in [0.15, 0.2) is 0 Å². The number of nitrogens with one attached hydrogen (secondary N) is 2. The lowest BCUT2D eigenvalue weighted by Gasteiger charge is -2.11. The molecule has 0 aliphatic heterocycles. The van der Waals surface area contributed by atoms with Crippen molar-refractivity contribution in [2.24, 2.45) is 0 Å². The van der Waals surface area contributed by atoms with Crippen molar-refractivity contribution in [3.63, 3.8) is 0 Å². The molecule has 2 aromatic carbocycles. The van der Waals surface area contributed by atoms with E-state index >= 15 is 0 Å². The highest BCUT2D eigenvalue weighted by Gasteiger charge is 2.09. The summed E-state index contributed by atoms with van der Waals surface area (Å²) >= 11 is 3.36. The van der Waals surface area contributed by atoms with Crippen LogP contribution in [0.3, 0.4) is 0 Å². The van der Waals surface area contributed by atoms with E-state index in [-0.39, 0.29) is 5.91 Å². The average Bonchev–Trinajstić information content (AvgIpc) is 2.67. The molecule has 5 nitrogen and oxygen atoms in total. The number of hydrogen-bond acceptors (Lipinski definition) is 4. The fourth-order valence-electron chi connectivity index (χ4n) is 3.05. The first-order valence-electron chi connectivity index (χ1n) is 9.07. The van der Waals surface area contributed by atoms with Crippen LogP contribution in [0.4, 0.5) is 5.82 Å². The lowest BCUT2D eigenvalue weighted by molar-refractivity contribution is 0.0953. The van der Waals surface area contributed by atoms with Gasteiger partial charge in [0.1, 0.15) is 11.9 Å². The van der Waals surface area contributed by atoms with E-state index in [1.807, 2.05) is 38.1 Å². The molecule has 1 heterocycles. The molecule has 0 aliphatic carbocycles. The van der Waals surface area contributed by atoms with Crippen molar-refractivity contribution in [2.45, 2.75) is 20.3 Å². The SMILES string of the molecule is Cc1cc(C)c2cc(C#N)c(NCCCNC(=O)c3ccc(Br)cc3)nc2c1. The van der Waals surface area contributed by atoms with E-state index in [1.54, 1.807) is 12.1 Å². The van der Waals surface area contributed by atoms with Crippen LogP contribution in [-0.2, 0) is 0 Å². The predicted octanol–water partition coefficient (Wildman–Crippen LogP) is 4.72. The summed E-state index contributed by atoms with van der Waals surface area (Å²) in [5, 5.41) is 16.6. The number of nitriles is 1. The minimum atomic E-state index is -0.0972. The Morgan fingerprint density at radius 2 is 1.89 bits per heavy atom. The lowest BCUT2D eigenvalue weighted by atomic mass is 10.0. The highest BCUT2D eigenvalue weighted by molar-refractivity contribution is 9.10. The summed E-state index contributed by atoms with van der Waals surface area (Å²) in [6.45, 7) is 5.21. The molecule has 0 radical (unpaired) electrons. The minimum Gasteiger partial charge on any atom is -0.369 e. The van der Waals surface area contributed by atoms with Gasteiger partial charge in [0.05, 0.1) is 11.1 Å². The Hall–Kier alpha value is -2.91. The predicted molar refractivity (Wildman–Crippen MR) is 116 cm³/mol. The molecule has 1 aromatic heterocycles. The Bertz CT molecular complexity index is 1050. The van der Waals surface area contributed by atoms with Gasteiger partial charge in [-0.1, -0.05) is 22.0 Å². The van der Waals surface area contributed by atoms with Crippen LogP contribution in [-0.4, -0.2) is 24.0 Å². The van der Waals surface area contributed by atoms with Crippen LogP contribution in [0.5, 0.6) is 0 Å². The molecule has 3 rings (SSSR count). The summed E-state index contributed by atoms with van der Waals surface area (Å²) < 4.78 is 0.940. The number of aryl methyl sites for hydroxylation is 2. The molecule has 6 heteroatoms. The van der Waals surface area contributed by atoms with Crippen molar-refractivity contribution < 1.29 is 4.79 Å². The Kier molecular flexibility index (Phi) is 6.27. The molecule has 0 bridgehead atoms. The third-order valence-electron chi connectivity index (χ3n) is 4.44. The van der Waals surface area contributed by atoms with Crippen molar-refractivity contribution >= 4 is 38.6 Å². The van der Waals surface area contributed by atoms with Gasteiger partial charge in [-0.15, -0.1) is 0 Å². The third kappa shape index (κ3) is 4.68. The Morgan fingerprint density at radius 3 is 2.61 bits per heavy atom. The standard InChI is InChI=1S/C22H21BrN4O/c1-14-10-15(2)19-12-17(13-24)21(27-20(19)11-14)25-8-3-9-26-22(28)16-4-6-18(23)7-5-16/h4-7,10-12H,3,8-9H2,1-2H3,(H,25,27)(H,26,28). The number of carbonyl (C=O) groups excluding carboxylic acids is 1. The minimum absolute atomic E-state index is 0.0972. The van der Waals surface area contributed by atoms with Crippen molar-refractivity contribution in [1.29, 1.82) is 5.26 Å². The number of rotatable bonds is 6. The average molecular weight is 437 g/mol. The van der Waals surface area contributed by atoms with Gasteiger partial charge in [-0.2, -0.15) is 5.26 Å². The third-order valence-corrected chi connectivity index (χ3v) is 4.97. The molecule has 0 saturated heterocycles. The maximum absolute atomic E-state index is 12.1. The molecular weight excluding hydrogens is 416 g/mol. The van der Waals surface area contributed by atoms with Gasteiger partial charge in [-0.3, -0.25) is 4.79 Å². The molecule has 0 spiro atoms. The maximum Gasteiger partial charge on any atom is 0.251 e. The molecule has 0 atom stereocenters. The van der Waals surface area contributed by atoms with Gasteiger partial charge in [-0.25, -0.2) is 4.98 Å². The van der Waals surface area contributed by atoms with E-state index in [0.717, 1.165) is 32.9 Å². The Morgan fingerprint density at radius 1 is 1.14 bits per heavy atom. The molecule has 1 amide bonds. The van der Waals surface area contributed by atoms with Crippen molar-refractivity contribution in [2.75, 3.05) is 18.4 Å². The first kappa shape index (κ1) is 19.8. The molecule has 0 aliphatic rings. The van der Waals surface area contributed by atoms with Crippen LogP contribution in [0.25, 0.3) is 10.9 Å². The molecule has 0 fully saturated rings. The molecule has 142 valence electrons. The number of halogens is 1. The summed E-state index contributed by atoms with van der Waals surface area (Å²) in [5.41, 5.74) is 4.29. The van der Waals surface area contributed by atoms with E-state index in [4.69, 9.17) is 0 Å². The molecule has 0 unspecified atom stereocenters. The van der Waals surface area contributed by atoms with Crippen LogP contribution in [0.1, 0.15) is 33.5 Å². The van der Waals surface area contributed by atoms with Crippen LogP contribution >= 0.6 is 15.9 Å². The Balaban J connectivity index is 1.58. The van der Waals surface area contributed by atoms with Crippen LogP contribution in [0, 0.1) is 25.2 Å². The fraction of sp³-hybridized carbons (Fsp3) is 0.227. The number of nitrogens with zero attached hydrogens (tertiary/aromatic N) is 2. The van der Waals surface area contributed by atoms with Crippen LogP contribution in [0.2, 0.25) is 0 Å². The molecule has 3 aromatic rings. The van der Waals surface area contributed by atoms with Gasteiger partial charge in [0, 0.05) is 28.5 Å². The monoisotopic (exact) mass is 436 g/mol. The van der Waals surface area contributed by atoms with E-state index < -0.39 is 0 Å². The van der Waals surface area contributed by atoms with E-state index in [2.05, 4.69) is 43.7 Å². The number of amides is 1. The highest BCUT2D eigenvalue weighted by Crippen LogP contribution is 2.24. The smallest absolute Gasteiger partial charge is 0.251 e. The highest BCUT2D eigenvalue weighted by atomic mass is 79.9. The van der Waals surface area contributed by atoms with Gasteiger partial charge in [-0.05, 0) is 67.8 Å². The van der Waals surface area contributed by atoms with Crippen LogP contribution < -0.4 is 10.6 Å². The van der Waals surface area contributed by atoms with E-state index in [9.17, 15) is 10.1 Å². The van der Waals surface area contributed by atoms with E-state index in [1.165, 1.54) is 0 Å². The zero-order chi connectivity index (χ0) is 20.1. The lowest BCUT2D eigenvalue weighted by Crippen LogP contribution is -2.25. The zero-order valence-corrected chi connectivity index (χ0v) is 17.4. The first-order chi connectivity index (χ1) is 13.5. The van der Waals surface area contributed by atoms with Crippen molar-refractivity contribution in [3.05, 3.63) is 69.2 Å². The van der Waals surface area contributed by atoms with Gasteiger partial charge in [0.2, 0.25) is 0 Å².